The van der Waals surface area contributed by atoms with E-state index in [1.54, 1.807) is 48.4 Å². The molecule has 190 valence electrons. The van der Waals surface area contributed by atoms with Gasteiger partial charge in [-0.1, -0.05) is 31.5 Å². The number of carbonyl (C=O) groups is 3. The zero-order valence-electron chi connectivity index (χ0n) is 21.0. The van der Waals surface area contributed by atoms with E-state index in [4.69, 9.17) is 9.47 Å². The van der Waals surface area contributed by atoms with Gasteiger partial charge in [0.2, 0.25) is 0 Å². The minimum absolute atomic E-state index is 0.125. The van der Waals surface area contributed by atoms with Crippen molar-refractivity contribution >= 4 is 29.0 Å². The molecular weight excluding hydrogens is 460 g/mol. The van der Waals surface area contributed by atoms with Gasteiger partial charge in [-0.2, -0.15) is 0 Å². The van der Waals surface area contributed by atoms with E-state index in [1.807, 2.05) is 26.0 Å². The maximum Gasteiger partial charge on any atom is 0.296 e. The summed E-state index contributed by atoms with van der Waals surface area (Å²) in [4.78, 5) is 44.2. The normalized spacial score (nSPS) is 20.5. The van der Waals surface area contributed by atoms with Crippen LogP contribution in [-0.2, 0) is 24.7 Å². The monoisotopic (exact) mass is 492 g/mol. The maximum absolute atomic E-state index is 14.3. The highest BCUT2D eigenvalue weighted by molar-refractivity contribution is 6.50. The second-order valence-corrected chi connectivity index (χ2v) is 8.85. The van der Waals surface area contributed by atoms with Crippen LogP contribution in [0.1, 0.15) is 44.2 Å². The number of hydrogen-bond acceptors (Lipinski definition) is 6. The zero-order valence-corrected chi connectivity index (χ0v) is 21.0. The summed E-state index contributed by atoms with van der Waals surface area (Å²) in [5, 5.41) is 11.5. The minimum atomic E-state index is -1.74. The van der Waals surface area contributed by atoms with Crippen LogP contribution in [-0.4, -0.2) is 61.0 Å². The van der Waals surface area contributed by atoms with E-state index in [1.165, 1.54) is 4.90 Å². The van der Waals surface area contributed by atoms with Crippen LogP contribution < -0.4 is 9.64 Å². The third-order valence-electron chi connectivity index (χ3n) is 6.71. The molecule has 8 heteroatoms. The van der Waals surface area contributed by atoms with Crippen molar-refractivity contribution in [3.63, 3.8) is 0 Å². The Hall–Kier alpha value is -3.65. The van der Waals surface area contributed by atoms with Crippen molar-refractivity contribution in [1.82, 2.24) is 4.90 Å². The molecule has 2 aromatic rings. The predicted molar refractivity (Wildman–Crippen MR) is 136 cm³/mol. The first-order chi connectivity index (χ1) is 17.4. The highest BCUT2D eigenvalue weighted by Crippen LogP contribution is 2.53. The smallest absolute Gasteiger partial charge is 0.296 e. The number of para-hydroxylation sites is 1. The Labute approximate surface area is 211 Å². The number of anilines is 1. The SMILES string of the molecule is CCCCN1C(=O)C2(C(=C(O)c3ccc(OCC)cc3)C(=O)C(=O)N2CCCOC)c2ccccc21. The molecule has 2 aliphatic rings. The largest absolute Gasteiger partial charge is 0.507 e. The van der Waals surface area contributed by atoms with E-state index in [9.17, 15) is 19.5 Å². The molecule has 2 amide bonds. The minimum Gasteiger partial charge on any atom is -0.507 e. The molecule has 2 heterocycles. The Kier molecular flexibility index (Phi) is 7.45. The number of methoxy groups -OCH3 is 1. The molecule has 4 rings (SSSR count). The second kappa shape index (κ2) is 10.5. The molecule has 1 N–H and O–H groups in total. The van der Waals surface area contributed by atoms with Gasteiger partial charge in [-0.05, 0) is 50.1 Å². The average Bonchev–Trinajstić information content (AvgIpc) is 3.26. The van der Waals surface area contributed by atoms with Crippen LogP contribution in [0.15, 0.2) is 54.1 Å². The first-order valence-corrected chi connectivity index (χ1v) is 12.4. The molecule has 8 nitrogen and oxygen atoms in total. The standard InChI is InChI=1S/C28H32N2O6/c1-4-6-16-29-22-11-8-7-10-21(22)28(27(29)34)23(25(32)26(33)30(28)17-9-18-35-3)24(31)19-12-14-20(15-13-19)36-5-2/h7-8,10-15,31H,4-6,9,16-18H2,1-3H3. The van der Waals surface area contributed by atoms with E-state index in [0.717, 1.165) is 12.8 Å². The molecule has 1 atom stereocenters. The van der Waals surface area contributed by atoms with Crippen molar-refractivity contribution in [2.45, 2.75) is 38.6 Å². The Balaban J connectivity index is 1.95. The van der Waals surface area contributed by atoms with Gasteiger partial charge < -0.3 is 24.4 Å². The first kappa shape index (κ1) is 25.4. The number of rotatable bonds is 10. The number of benzene rings is 2. The fourth-order valence-corrected chi connectivity index (χ4v) is 5.09. The van der Waals surface area contributed by atoms with Crippen LogP contribution in [0.5, 0.6) is 5.75 Å². The number of ketones is 1. The van der Waals surface area contributed by atoms with Crippen LogP contribution in [0.25, 0.3) is 5.76 Å². The molecule has 0 saturated carbocycles. The molecule has 1 saturated heterocycles. The Morgan fingerprint density at radius 3 is 2.36 bits per heavy atom. The molecule has 1 spiro atoms. The van der Waals surface area contributed by atoms with Crippen molar-refractivity contribution in [3.8, 4) is 5.75 Å². The molecule has 2 aromatic carbocycles. The molecule has 0 aliphatic carbocycles. The third-order valence-corrected chi connectivity index (χ3v) is 6.71. The van der Waals surface area contributed by atoms with Gasteiger partial charge in [0.15, 0.2) is 5.54 Å². The Bertz CT molecular complexity index is 1190. The van der Waals surface area contributed by atoms with Gasteiger partial charge in [0, 0.05) is 37.9 Å². The van der Waals surface area contributed by atoms with E-state index >= 15 is 0 Å². The number of Topliss-reactive ketones (excluding diaryl/α,β-unsaturated/α-hetero) is 1. The molecule has 2 aliphatic heterocycles. The van der Waals surface area contributed by atoms with Gasteiger partial charge in [0.05, 0.1) is 17.9 Å². The lowest BCUT2D eigenvalue weighted by molar-refractivity contribution is -0.143. The van der Waals surface area contributed by atoms with E-state index in [2.05, 4.69) is 0 Å². The van der Waals surface area contributed by atoms with Crippen LogP contribution in [0.4, 0.5) is 5.69 Å². The summed E-state index contributed by atoms with van der Waals surface area (Å²) in [7, 11) is 1.55. The van der Waals surface area contributed by atoms with Gasteiger partial charge in [0.1, 0.15) is 11.5 Å². The number of fused-ring (bicyclic) bond motifs is 2. The number of aliphatic hydroxyl groups is 1. The Morgan fingerprint density at radius 1 is 0.972 bits per heavy atom. The van der Waals surface area contributed by atoms with Crippen molar-refractivity contribution < 1.29 is 29.0 Å². The number of carbonyl (C=O) groups excluding carboxylic acids is 3. The molecule has 1 unspecified atom stereocenters. The highest BCUT2D eigenvalue weighted by atomic mass is 16.5. The predicted octanol–water partition coefficient (Wildman–Crippen LogP) is 3.84. The molecule has 0 radical (unpaired) electrons. The quantitative estimate of drug-likeness (QED) is 0.234. The van der Waals surface area contributed by atoms with Crippen LogP contribution in [0, 0.1) is 0 Å². The van der Waals surface area contributed by atoms with E-state index in [-0.39, 0.29) is 17.9 Å². The summed E-state index contributed by atoms with van der Waals surface area (Å²) in [5.74, 6) is -1.86. The molecule has 36 heavy (non-hydrogen) atoms. The number of ether oxygens (including phenoxy) is 2. The molecule has 0 bridgehead atoms. The summed E-state index contributed by atoms with van der Waals surface area (Å²) in [5.41, 5.74) is -0.451. The average molecular weight is 493 g/mol. The van der Waals surface area contributed by atoms with Gasteiger partial charge >= 0.3 is 0 Å². The number of unbranched alkanes of at least 4 members (excludes halogenated alkanes) is 1. The lowest BCUT2D eigenvalue weighted by Gasteiger charge is -2.34. The third kappa shape index (κ3) is 3.95. The van der Waals surface area contributed by atoms with Crippen molar-refractivity contribution in [1.29, 1.82) is 0 Å². The first-order valence-electron chi connectivity index (χ1n) is 12.4. The highest BCUT2D eigenvalue weighted by Gasteiger charge is 2.66. The fraction of sp³-hybridized carbons (Fsp3) is 0.393. The number of amides is 2. The molecule has 0 aromatic heterocycles. The van der Waals surface area contributed by atoms with Crippen LogP contribution >= 0.6 is 0 Å². The van der Waals surface area contributed by atoms with E-state index < -0.39 is 23.1 Å². The zero-order chi connectivity index (χ0) is 25.9. The van der Waals surface area contributed by atoms with Gasteiger partial charge in [0.25, 0.3) is 17.6 Å². The number of hydrogen-bond donors (Lipinski definition) is 1. The fourth-order valence-electron chi connectivity index (χ4n) is 5.09. The molecular formula is C28H32N2O6. The van der Waals surface area contributed by atoms with Crippen molar-refractivity contribution in [3.05, 3.63) is 65.2 Å². The molecule has 1 fully saturated rings. The van der Waals surface area contributed by atoms with Crippen molar-refractivity contribution in [2.24, 2.45) is 0 Å². The van der Waals surface area contributed by atoms with Crippen LogP contribution in [0.3, 0.4) is 0 Å². The number of aliphatic hydroxyl groups excluding tert-OH is 1. The topological polar surface area (TPSA) is 96.4 Å². The van der Waals surface area contributed by atoms with Crippen molar-refractivity contribution in [2.75, 3.05) is 38.3 Å². The summed E-state index contributed by atoms with van der Waals surface area (Å²) in [6.45, 7) is 5.31. The lowest BCUT2D eigenvalue weighted by Crippen LogP contribution is -2.52. The summed E-state index contributed by atoms with van der Waals surface area (Å²) >= 11 is 0. The summed E-state index contributed by atoms with van der Waals surface area (Å²) in [6, 6.07) is 13.8. The van der Waals surface area contributed by atoms with Crippen LogP contribution in [0.2, 0.25) is 0 Å². The number of likely N-dealkylation sites (tertiary alicyclic amines) is 1. The summed E-state index contributed by atoms with van der Waals surface area (Å²) in [6.07, 6.45) is 2.05. The second-order valence-electron chi connectivity index (χ2n) is 8.85. The summed E-state index contributed by atoms with van der Waals surface area (Å²) < 4.78 is 10.7. The number of nitrogens with zero attached hydrogens (tertiary/aromatic N) is 2. The Morgan fingerprint density at radius 2 is 1.69 bits per heavy atom. The lowest BCUT2D eigenvalue weighted by atomic mass is 9.82. The van der Waals surface area contributed by atoms with Gasteiger partial charge in [-0.15, -0.1) is 0 Å². The van der Waals surface area contributed by atoms with Gasteiger partial charge in [-0.25, -0.2) is 0 Å². The van der Waals surface area contributed by atoms with Gasteiger partial charge in [-0.3, -0.25) is 14.4 Å². The van der Waals surface area contributed by atoms with E-state index in [0.29, 0.717) is 48.7 Å². The maximum atomic E-state index is 14.3.